The Labute approximate surface area is 152 Å². The van der Waals surface area contributed by atoms with Crippen LogP contribution in [0.15, 0.2) is 18.2 Å². The van der Waals surface area contributed by atoms with E-state index in [1.165, 1.54) is 0 Å². The summed E-state index contributed by atoms with van der Waals surface area (Å²) in [6, 6.07) is 4.90. The number of likely N-dealkylation sites (tertiary alicyclic amines) is 1. The maximum absolute atomic E-state index is 12.1. The molecule has 134 valence electrons. The molecule has 1 aromatic carbocycles. The van der Waals surface area contributed by atoms with E-state index in [2.05, 4.69) is 10.2 Å². The van der Waals surface area contributed by atoms with Crippen LogP contribution in [0.3, 0.4) is 0 Å². The highest BCUT2D eigenvalue weighted by Gasteiger charge is 2.18. The van der Waals surface area contributed by atoms with Crippen molar-refractivity contribution in [2.75, 3.05) is 26.2 Å². The third-order valence-corrected chi connectivity index (χ3v) is 4.60. The highest BCUT2D eigenvalue weighted by Crippen LogP contribution is 2.28. The lowest BCUT2D eigenvalue weighted by molar-refractivity contribution is -0.127. The Morgan fingerprint density at radius 3 is 2.79 bits per heavy atom. The van der Waals surface area contributed by atoms with Crippen molar-refractivity contribution < 1.29 is 14.6 Å². The number of halogens is 2. The molecule has 1 heterocycles. The molecule has 0 radical (unpaired) electrons. The van der Waals surface area contributed by atoms with Crippen LogP contribution < -0.4 is 10.1 Å². The predicted molar refractivity (Wildman–Crippen MR) is 95.9 cm³/mol. The zero-order valence-corrected chi connectivity index (χ0v) is 15.3. The molecule has 2 N–H and O–H groups in total. The van der Waals surface area contributed by atoms with Gasteiger partial charge in [0.1, 0.15) is 5.75 Å². The second-order valence-electron chi connectivity index (χ2n) is 6.05. The highest BCUT2D eigenvalue weighted by molar-refractivity contribution is 6.35. The molecule has 1 aliphatic heterocycles. The number of piperidine rings is 1. The molecule has 24 heavy (non-hydrogen) atoms. The van der Waals surface area contributed by atoms with Gasteiger partial charge in [-0.15, -0.1) is 0 Å². The summed E-state index contributed by atoms with van der Waals surface area (Å²) in [5, 5.41) is 13.3. The number of benzene rings is 1. The van der Waals surface area contributed by atoms with Crippen LogP contribution in [0, 0.1) is 0 Å². The summed E-state index contributed by atoms with van der Waals surface area (Å²) >= 11 is 11.9. The molecule has 1 aliphatic rings. The van der Waals surface area contributed by atoms with Gasteiger partial charge in [0.15, 0.2) is 6.10 Å². The van der Waals surface area contributed by atoms with E-state index in [1.54, 1.807) is 25.1 Å². The summed E-state index contributed by atoms with van der Waals surface area (Å²) < 4.78 is 5.58. The fraction of sp³-hybridized carbons (Fsp3) is 0.588. The number of aliphatic hydroxyl groups is 1. The third-order valence-electron chi connectivity index (χ3n) is 4.07. The molecule has 0 unspecified atom stereocenters. The van der Waals surface area contributed by atoms with Crippen molar-refractivity contribution in [3.63, 3.8) is 0 Å². The quantitative estimate of drug-likeness (QED) is 0.720. The minimum Gasteiger partial charge on any atom is -0.479 e. The molecular formula is C17H24Cl2N2O3. The Morgan fingerprint density at radius 2 is 2.12 bits per heavy atom. The minimum absolute atomic E-state index is 0.154. The molecule has 0 aliphatic carbocycles. The molecule has 2 rings (SSSR count). The van der Waals surface area contributed by atoms with Gasteiger partial charge in [0.2, 0.25) is 0 Å². The van der Waals surface area contributed by atoms with Crippen LogP contribution in [0.25, 0.3) is 0 Å². The highest BCUT2D eigenvalue weighted by atomic mass is 35.5. The maximum atomic E-state index is 12.1. The van der Waals surface area contributed by atoms with Crippen molar-refractivity contribution in [2.24, 2.45) is 0 Å². The van der Waals surface area contributed by atoms with Crippen molar-refractivity contribution in [2.45, 2.75) is 38.4 Å². The number of carbonyl (C=O) groups excluding carboxylic acids is 1. The number of ether oxygens (including phenoxy) is 1. The van der Waals surface area contributed by atoms with Gasteiger partial charge in [-0.1, -0.05) is 23.2 Å². The number of hydrogen-bond donors (Lipinski definition) is 2. The molecule has 1 amide bonds. The molecule has 5 nitrogen and oxygen atoms in total. The van der Waals surface area contributed by atoms with E-state index in [-0.39, 0.29) is 12.0 Å². The fourth-order valence-electron chi connectivity index (χ4n) is 2.62. The number of hydrogen-bond acceptors (Lipinski definition) is 4. The van der Waals surface area contributed by atoms with Crippen molar-refractivity contribution in [3.8, 4) is 5.75 Å². The van der Waals surface area contributed by atoms with Gasteiger partial charge in [-0.05, 0) is 50.9 Å². The second kappa shape index (κ2) is 9.47. The van der Waals surface area contributed by atoms with Gasteiger partial charge in [-0.25, -0.2) is 0 Å². The normalized spacial score (nSPS) is 17.5. The first-order valence-corrected chi connectivity index (χ1v) is 9.01. The lowest BCUT2D eigenvalue weighted by atomic mass is 10.1. The molecule has 1 aromatic rings. The van der Waals surface area contributed by atoms with E-state index in [9.17, 15) is 9.90 Å². The first-order chi connectivity index (χ1) is 11.5. The van der Waals surface area contributed by atoms with Gasteiger partial charge >= 0.3 is 0 Å². The summed E-state index contributed by atoms with van der Waals surface area (Å²) in [7, 11) is 0. The summed E-state index contributed by atoms with van der Waals surface area (Å²) in [6.45, 7) is 5.05. The number of nitrogens with zero attached hydrogens (tertiary/aromatic N) is 1. The molecular weight excluding hydrogens is 351 g/mol. The summed E-state index contributed by atoms with van der Waals surface area (Å²) in [4.78, 5) is 14.4. The van der Waals surface area contributed by atoms with Crippen molar-refractivity contribution in [1.29, 1.82) is 0 Å². The van der Waals surface area contributed by atoms with Gasteiger partial charge in [0.05, 0.1) is 11.1 Å². The molecule has 1 atom stereocenters. The van der Waals surface area contributed by atoms with Gasteiger partial charge in [0, 0.05) is 24.7 Å². The molecule has 0 bridgehead atoms. The fourth-order valence-corrected chi connectivity index (χ4v) is 3.07. The van der Waals surface area contributed by atoms with Gasteiger partial charge < -0.3 is 20.1 Å². The van der Waals surface area contributed by atoms with Crippen LogP contribution >= 0.6 is 23.2 Å². The number of rotatable bonds is 7. The average Bonchev–Trinajstić information content (AvgIpc) is 2.55. The van der Waals surface area contributed by atoms with Gasteiger partial charge in [-0.3, -0.25) is 4.79 Å². The molecule has 7 heteroatoms. The predicted octanol–water partition coefficient (Wildman–Crippen LogP) is 2.72. The maximum Gasteiger partial charge on any atom is 0.260 e. The number of carbonyl (C=O) groups is 1. The Kier molecular flexibility index (Phi) is 7.62. The van der Waals surface area contributed by atoms with Crippen molar-refractivity contribution in [1.82, 2.24) is 10.2 Å². The molecule has 0 saturated carbocycles. The van der Waals surface area contributed by atoms with E-state index in [1.807, 2.05) is 0 Å². The monoisotopic (exact) mass is 374 g/mol. The van der Waals surface area contributed by atoms with E-state index >= 15 is 0 Å². The van der Waals surface area contributed by atoms with Crippen molar-refractivity contribution in [3.05, 3.63) is 28.2 Å². The van der Waals surface area contributed by atoms with Crippen LogP contribution in [0.1, 0.15) is 26.2 Å². The Hall–Kier alpha value is -1.01. The summed E-state index contributed by atoms with van der Waals surface area (Å²) in [5.74, 6) is 0.269. The Balaban J connectivity index is 1.66. The summed E-state index contributed by atoms with van der Waals surface area (Å²) in [5.41, 5.74) is 0. The topological polar surface area (TPSA) is 61.8 Å². The van der Waals surface area contributed by atoms with Crippen LogP contribution in [-0.4, -0.2) is 54.3 Å². The lowest BCUT2D eigenvalue weighted by Crippen LogP contribution is -2.39. The van der Waals surface area contributed by atoms with Crippen LogP contribution in [-0.2, 0) is 4.79 Å². The molecule has 1 fully saturated rings. The van der Waals surface area contributed by atoms with Gasteiger partial charge in [0.25, 0.3) is 5.91 Å². The SMILES string of the molecule is C[C@H](Oc1ccc(Cl)cc1Cl)C(=O)NCCCN1CCC(O)CC1. The van der Waals surface area contributed by atoms with Crippen molar-refractivity contribution >= 4 is 29.1 Å². The molecule has 0 spiro atoms. The van der Waals surface area contributed by atoms with E-state index < -0.39 is 6.10 Å². The number of amides is 1. The third kappa shape index (κ3) is 6.13. The Morgan fingerprint density at radius 1 is 1.42 bits per heavy atom. The molecule has 0 aromatic heterocycles. The average molecular weight is 375 g/mol. The standard InChI is InChI=1S/C17H24Cl2N2O3/c1-12(24-16-4-3-13(18)11-15(16)19)17(23)20-7-2-8-21-9-5-14(22)6-10-21/h3-4,11-12,14,22H,2,5-10H2,1H3,(H,20,23)/t12-/m0/s1. The van der Waals surface area contributed by atoms with E-state index in [0.29, 0.717) is 22.3 Å². The van der Waals surface area contributed by atoms with E-state index in [0.717, 1.165) is 38.9 Å². The van der Waals surface area contributed by atoms with Crippen LogP contribution in [0.5, 0.6) is 5.75 Å². The number of nitrogens with one attached hydrogen (secondary N) is 1. The second-order valence-corrected chi connectivity index (χ2v) is 6.90. The van der Waals surface area contributed by atoms with Crippen LogP contribution in [0.4, 0.5) is 0 Å². The smallest absolute Gasteiger partial charge is 0.260 e. The first kappa shape index (κ1) is 19.3. The lowest BCUT2D eigenvalue weighted by Gasteiger charge is -2.29. The summed E-state index contributed by atoms with van der Waals surface area (Å²) in [6.07, 6.45) is 1.75. The zero-order chi connectivity index (χ0) is 17.5. The van der Waals surface area contributed by atoms with Gasteiger partial charge in [-0.2, -0.15) is 0 Å². The first-order valence-electron chi connectivity index (χ1n) is 8.25. The van der Waals surface area contributed by atoms with E-state index in [4.69, 9.17) is 27.9 Å². The number of aliphatic hydroxyl groups excluding tert-OH is 1. The minimum atomic E-state index is -0.631. The molecule has 1 saturated heterocycles. The Bertz CT molecular complexity index is 549. The largest absolute Gasteiger partial charge is 0.479 e. The van der Waals surface area contributed by atoms with Crippen LogP contribution in [0.2, 0.25) is 10.0 Å². The zero-order valence-electron chi connectivity index (χ0n) is 13.8.